The van der Waals surface area contributed by atoms with E-state index in [9.17, 15) is 17.3 Å². The Morgan fingerprint density at radius 3 is 2.19 bits per heavy atom. The van der Waals surface area contributed by atoms with E-state index in [1.54, 1.807) is 0 Å². The molecule has 0 N–H and O–H groups in total. The van der Waals surface area contributed by atoms with Crippen LogP contribution in [0.4, 0.5) is 17.3 Å². The van der Waals surface area contributed by atoms with Crippen LogP contribution in [0.3, 0.4) is 0 Å². The highest BCUT2D eigenvalue weighted by Gasteiger charge is 2.27. The zero-order valence-electron chi connectivity index (χ0n) is 7.95. The minimum Gasteiger partial charge on any atom is -0.445 e. The van der Waals surface area contributed by atoms with Crippen molar-refractivity contribution < 1.29 is 17.3 Å². The number of benzene rings is 1. The summed E-state index contributed by atoms with van der Waals surface area (Å²) in [7, 11) is 0. The lowest BCUT2D eigenvalue weighted by molar-refractivity contribution is 0.501. The van der Waals surface area contributed by atoms with Gasteiger partial charge in [0.25, 0.3) is 0 Å². The van der Waals surface area contributed by atoms with Gasteiger partial charge < -0.3 is 12.9 Å². The average molecular weight is 229 g/mol. The average Bonchev–Trinajstić information content (AvgIpc) is 2.67. The molecule has 0 saturated carbocycles. The molecule has 0 aliphatic rings. The predicted molar refractivity (Wildman–Crippen MR) is 52.2 cm³/mol. The lowest BCUT2D eigenvalue weighted by atomic mass is 9.83. The van der Waals surface area contributed by atoms with Crippen LogP contribution < -0.4 is 5.46 Å². The van der Waals surface area contributed by atoms with Crippen LogP contribution in [0.2, 0.25) is 0 Å². The van der Waals surface area contributed by atoms with Crippen LogP contribution in [0.15, 0.2) is 36.7 Å². The summed E-state index contributed by atoms with van der Waals surface area (Å²) in [4.78, 5) is 0. The predicted octanol–water partition coefficient (Wildman–Crippen LogP) is 2.07. The SMILES string of the molecule is Fc1ccc(-n2cc([B-](F)(F)F)cn2)cc1. The first-order valence-electron chi connectivity index (χ1n) is 4.47. The van der Waals surface area contributed by atoms with Crippen LogP contribution in [-0.2, 0) is 0 Å². The molecule has 0 saturated heterocycles. The van der Waals surface area contributed by atoms with E-state index in [0.717, 1.165) is 29.2 Å². The number of rotatable bonds is 2. The van der Waals surface area contributed by atoms with Gasteiger partial charge in [0.15, 0.2) is 0 Å². The zero-order chi connectivity index (χ0) is 11.8. The molecule has 0 fully saturated rings. The molecule has 1 aromatic carbocycles. The molecule has 84 valence electrons. The summed E-state index contributed by atoms with van der Waals surface area (Å²) in [5.41, 5.74) is -0.392. The van der Waals surface area contributed by atoms with Crippen LogP contribution in [0.1, 0.15) is 0 Å². The van der Waals surface area contributed by atoms with Gasteiger partial charge in [-0.25, -0.2) is 9.07 Å². The summed E-state index contributed by atoms with van der Waals surface area (Å²) >= 11 is 0. The summed E-state index contributed by atoms with van der Waals surface area (Å²) in [5.74, 6) is -0.448. The second kappa shape index (κ2) is 3.66. The van der Waals surface area contributed by atoms with Gasteiger partial charge in [-0.05, 0) is 24.3 Å². The Bertz CT molecular complexity index is 489. The molecule has 2 rings (SSSR count). The van der Waals surface area contributed by atoms with Crippen molar-refractivity contribution in [1.82, 2.24) is 9.78 Å². The van der Waals surface area contributed by atoms with Crippen molar-refractivity contribution in [2.45, 2.75) is 0 Å². The maximum atomic E-state index is 12.6. The van der Waals surface area contributed by atoms with Crippen molar-refractivity contribution in [3.63, 3.8) is 0 Å². The van der Waals surface area contributed by atoms with E-state index in [0.29, 0.717) is 5.69 Å². The minimum atomic E-state index is -5.05. The molecule has 7 heteroatoms. The largest absolute Gasteiger partial charge is 0.512 e. The summed E-state index contributed by atoms with van der Waals surface area (Å²) in [6, 6.07) is 5.04. The maximum absolute atomic E-state index is 12.6. The molecule has 0 bridgehead atoms. The molecule has 0 atom stereocenters. The first kappa shape index (κ1) is 10.7. The molecule has 2 nitrogen and oxygen atoms in total. The molecule has 0 unspecified atom stereocenters. The molecule has 1 heterocycles. The lowest BCUT2D eigenvalue weighted by Crippen LogP contribution is -2.32. The topological polar surface area (TPSA) is 17.8 Å². The molecular weight excluding hydrogens is 223 g/mol. The Morgan fingerprint density at radius 2 is 1.69 bits per heavy atom. The smallest absolute Gasteiger partial charge is 0.445 e. The molecule has 0 amide bonds. The molecule has 1 aromatic heterocycles. The fourth-order valence-electron chi connectivity index (χ4n) is 1.24. The van der Waals surface area contributed by atoms with Crippen LogP contribution in [-0.4, -0.2) is 16.8 Å². The number of nitrogens with zero attached hydrogens (tertiary/aromatic N) is 2. The van der Waals surface area contributed by atoms with Crippen LogP contribution in [0, 0.1) is 5.82 Å². The first-order valence-corrected chi connectivity index (χ1v) is 4.47. The summed E-state index contributed by atoms with van der Waals surface area (Å²) in [5, 5.41) is 3.57. The van der Waals surface area contributed by atoms with Crippen molar-refractivity contribution in [2.75, 3.05) is 0 Å². The molecule has 16 heavy (non-hydrogen) atoms. The Morgan fingerprint density at radius 1 is 1.06 bits per heavy atom. The number of hydrogen-bond donors (Lipinski definition) is 0. The van der Waals surface area contributed by atoms with E-state index in [1.807, 2.05) is 0 Å². The standard InChI is InChI=1S/C9H6BF4N2/c11-8-1-3-9(4-2-8)16-6-7(5-15-16)10(12,13)14/h1-6H/q-1. The number of halogens is 4. The molecule has 0 spiro atoms. The molecule has 0 aliphatic carbocycles. The molecular formula is C9H6BF4N2-. The van der Waals surface area contributed by atoms with Crippen molar-refractivity contribution >= 4 is 12.4 Å². The highest BCUT2D eigenvalue weighted by atomic mass is 19.4. The third kappa shape index (κ3) is 2.07. The molecule has 0 radical (unpaired) electrons. The van der Waals surface area contributed by atoms with Gasteiger partial charge in [0, 0.05) is 12.4 Å². The van der Waals surface area contributed by atoms with E-state index < -0.39 is 18.3 Å². The van der Waals surface area contributed by atoms with Crippen molar-refractivity contribution in [1.29, 1.82) is 0 Å². The second-order valence-electron chi connectivity index (χ2n) is 3.27. The van der Waals surface area contributed by atoms with Gasteiger partial charge in [0.2, 0.25) is 0 Å². The van der Waals surface area contributed by atoms with E-state index in [4.69, 9.17) is 0 Å². The van der Waals surface area contributed by atoms with Crippen LogP contribution in [0.25, 0.3) is 5.69 Å². The van der Waals surface area contributed by atoms with E-state index >= 15 is 0 Å². The van der Waals surface area contributed by atoms with Crippen molar-refractivity contribution in [3.8, 4) is 5.69 Å². The number of hydrogen-bond acceptors (Lipinski definition) is 1. The monoisotopic (exact) mass is 229 g/mol. The lowest BCUT2D eigenvalue weighted by Gasteiger charge is -2.09. The van der Waals surface area contributed by atoms with Gasteiger partial charge in [-0.15, -0.1) is 0 Å². The van der Waals surface area contributed by atoms with E-state index in [-0.39, 0.29) is 0 Å². The third-order valence-corrected chi connectivity index (χ3v) is 2.07. The van der Waals surface area contributed by atoms with Gasteiger partial charge >= 0.3 is 6.98 Å². The number of aromatic nitrogens is 2. The van der Waals surface area contributed by atoms with Crippen LogP contribution >= 0.6 is 0 Å². The summed E-state index contributed by atoms with van der Waals surface area (Å²) in [6.45, 7) is -5.05. The Kier molecular flexibility index (Phi) is 2.45. The van der Waals surface area contributed by atoms with Gasteiger partial charge in [-0.2, -0.15) is 5.10 Å². The fourth-order valence-corrected chi connectivity index (χ4v) is 1.24. The second-order valence-corrected chi connectivity index (χ2v) is 3.27. The Hall–Kier alpha value is -1.79. The summed E-state index contributed by atoms with van der Waals surface area (Å²) < 4.78 is 50.6. The summed E-state index contributed by atoms with van der Waals surface area (Å²) in [6.07, 6.45) is 1.64. The third-order valence-electron chi connectivity index (χ3n) is 2.07. The van der Waals surface area contributed by atoms with Gasteiger partial charge in [0.05, 0.1) is 5.69 Å². The van der Waals surface area contributed by atoms with E-state index in [2.05, 4.69) is 5.10 Å². The van der Waals surface area contributed by atoms with Crippen molar-refractivity contribution in [3.05, 3.63) is 42.5 Å². The van der Waals surface area contributed by atoms with Crippen molar-refractivity contribution in [2.24, 2.45) is 0 Å². The zero-order valence-corrected chi connectivity index (χ0v) is 7.95. The Labute approximate surface area is 88.6 Å². The molecule has 2 aromatic rings. The first-order chi connectivity index (χ1) is 7.47. The van der Waals surface area contributed by atoms with Gasteiger partial charge in [-0.1, -0.05) is 5.46 Å². The minimum absolute atomic E-state index is 0.382. The Balaban J connectivity index is 2.35. The van der Waals surface area contributed by atoms with Gasteiger partial charge in [0.1, 0.15) is 5.82 Å². The van der Waals surface area contributed by atoms with E-state index in [1.165, 1.54) is 12.1 Å². The normalized spacial score (nSPS) is 11.8. The molecule has 0 aliphatic heterocycles. The fraction of sp³-hybridized carbons (Fsp3) is 0. The van der Waals surface area contributed by atoms with Gasteiger partial charge in [-0.3, -0.25) is 0 Å². The maximum Gasteiger partial charge on any atom is 0.512 e. The quantitative estimate of drug-likeness (QED) is 0.569. The highest BCUT2D eigenvalue weighted by Crippen LogP contribution is 2.11. The highest BCUT2D eigenvalue weighted by molar-refractivity contribution is 6.73. The van der Waals surface area contributed by atoms with Crippen LogP contribution in [0.5, 0.6) is 0 Å².